The Morgan fingerprint density at radius 2 is 1.54 bits per heavy atom. The average molecular weight is 328 g/mol. The quantitative estimate of drug-likeness (QED) is 0.879. The van der Waals surface area contributed by atoms with Gasteiger partial charge < -0.3 is 24.4 Å². The van der Waals surface area contributed by atoms with E-state index >= 15 is 0 Å². The molecule has 5 nitrogen and oxygen atoms in total. The van der Waals surface area contributed by atoms with Crippen molar-refractivity contribution in [3.63, 3.8) is 0 Å². The van der Waals surface area contributed by atoms with Gasteiger partial charge in [0.2, 0.25) is 0 Å². The molecule has 2 aliphatic rings. The molecule has 0 aliphatic carbocycles. The van der Waals surface area contributed by atoms with E-state index in [0.29, 0.717) is 12.2 Å². The highest BCUT2D eigenvalue weighted by atomic mass is 16.7. The van der Waals surface area contributed by atoms with Gasteiger partial charge in [0.15, 0.2) is 6.29 Å². The van der Waals surface area contributed by atoms with Crippen LogP contribution in [-0.2, 0) is 19.8 Å². The molecule has 24 heavy (non-hydrogen) atoms. The molecule has 5 atom stereocenters. The van der Waals surface area contributed by atoms with Crippen LogP contribution in [0.15, 0.2) is 60.7 Å². The number of aliphatic hydroxyl groups is 2. The minimum Gasteiger partial charge on any atom is -0.387 e. The van der Waals surface area contributed by atoms with E-state index in [1.54, 1.807) is 12.1 Å². The number of rotatable bonds is 2. The smallest absolute Gasteiger partial charge is 0.184 e. The molecule has 0 radical (unpaired) electrons. The lowest BCUT2D eigenvalue weighted by molar-refractivity contribution is -0.345. The minimum absolute atomic E-state index is 0.0370. The number of hydrogen-bond acceptors (Lipinski definition) is 5. The van der Waals surface area contributed by atoms with Crippen LogP contribution in [0.4, 0.5) is 0 Å². The molecule has 2 aliphatic heterocycles. The lowest BCUT2D eigenvalue weighted by atomic mass is 9.78. The van der Waals surface area contributed by atoms with E-state index in [-0.39, 0.29) is 6.61 Å². The molecule has 0 amide bonds. The Hall–Kier alpha value is -1.76. The fourth-order valence-electron chi connectivity index (χ4n) is 3.43. The summed E-state index contributed by atoms with van der Waals surface area (Å²) in [5.74, 6) is 0. The normalized spacial score (nSPS) is 36.1. The Labute approximate surface area is 140 Å². The van der Waals surface area contributed by atoms with Crippen molar-refractivity contribution in [3.8, 4) is 0 Å². The fourth-order valence-corrected chi connectivity index (χ4v) is 3.43. The molecule has 0 spiro atoms. The van der Waals surface area contributed by atoms with Crippen LogP contribution in [0.2, 0.25) is 0 Å². The Kier molecular flexibility index (Phi) is 4.12. The minimum atomic E-state index is -1.54. The van der Waals surface area contributed by atoms with Gasteiger partial charge in [-0.05, 0) is 5.56 Å². The van der Waals surface area contributed by atoms with Crippen LogP contribution >= 0.6 is 0 Å². The first-order valence-electron chi connectivity index (χ1n) is 8.09. The lowest BCUT2D eigenvalue weighted by Gasteiger charge is -2.50. The summed E-state index contributed by atoms with van der Waals surface area (Å²) in [6, 6.07) is 18.7. The predicted molar refractivity (Wildman–Crippen MR) is 86.1 cm³/mol. The standard InChI is InChI=1S/C19H20O5/c20-16-12-22-15-11-23-18(13-7-3-1-4-8-13)24-17(15)19(16,21)14-9-5-2-6-10-14/h1-10,15-18,20-21H,11-12H2/t15-,16+,17-,18?,19-/m1/s1. The van der Waals surface area contributed by atoms with Gasteiger partial charge in [-0.2, -0.15) is 0 Å². The maximum absolute atomic E-state index is 11.4. The molecule has 2 heterocycles. The van der Waals surface area contributed by atoms with E-state index in [4.69, 9.17) is 14.2 Å². The Morgan fingerprint density at radius 1 is 0.875 bits per heavy atom. The summed E-state index contributed by atoms with van der Waals surface area (Å²) in [6.45, 7) is 0.335. The molecule has 1 unspecified atom stereocenters. The summed E-state index contributed by atoms with van der Waals surface area (Å²) in [5.41, 5.74) is -0.0583. The van der Waals surface area contributed by atoms with Gasteiger partial charge in [0, 0.05) is 5.56 Å². The third-order valence-corrected chi connectivity index (χ3v) is 4.74. The van der Waals surface area contributed by atoms with Crippen LogP contribution < -0.4 is 0 Å². The summed E-state index contributed by atoms with van der Waals surface area (Å²) in [4.78, 5) is 0. The van der Waals surface area contributed by atoms with Crippen LogP contribution in [0.5, 0.6) is 0 Å². The second-order valence-corrected chi connectivity index (χ2v) is 6.21. The number of benzene rings is 2. The van der Waals surface area contributed by atoms with Crippen molar-refractivity contribution in [3.05, 3.63) is 71.8 Å². The zero-order chi connectivity index (χ0) is 16.6. The summed E-state index contributed by atoms with van der Waals surface area (Å²) in [6.07, 6.45) is -2.83. The Balaban J connectivity index is 1.68. The molecular formula is C19H20O5. The maximum Gasteiger partial charge on any atom is 0.184 e. The van der Waals surface area contributed by atoms with E-state index in [9.17, 15) is 10.2 Å². The van der Waals surface area contributed by atoms with Crippen LogP contribution in [0.25, 0.3) is 0 Å². The molecule has 2 fully saturated rings. The fraction of sp³-hybridized carbons (Fsp3) is 0.368. The zero-order valence-electron chi connectivity index (χ0n) is 13.1. The zero-order valence-corrected chi connectivity index (χ0v) is 13.1. The number of aliphatic hydroxyl groups excluding tert-OH is 1. The second kappa shape index (κ2) is 6.27. The predicted octanol–water partition coefficient (Wildman–Crippen LogP) is 1.75. The van der Waals surface area contributed by atoms with Crippen LogP contribution in [0.3, 0.4) is 0 Å². The topological polar surface area (TPSA) is 68.2 Å². The van der Waals surface area contributed by atoms with Crippen molar-refractivity contribution in [1.29, 1.82) is 0 Å². The van der Waals surface area contributed by atoms with Crippen molar-refractivity contribution in [2.45, 2.75) is 30.2 Å². The SMILES string of the molecule is O[C@H]1CO[C@@H]2COC(c3ccccc3)O[C@H]2[C@@]1(O)c1ccccc1. The average Bonchev–Trinajstić information content (AvgIpc) is 2.66. The van der Waals surface area contributed by atoms with Crippen molar-refractivity contribution in [1.82, 2.24) is 0 Å². The van der Waals surface area contributed by atoms with Crippen LogP contribution in [0, 0.1) is 0 Å². The molecule has 126 valence electrons. The molecule has 5 heteroatoms. The third kappa shape index (κ3) is 2.55. The van der Waals surface area contributed by atoms with Crippen molar-refractivity contribution < 1.29 is 24.4 Å². The second-order valence-electron chi connectivity index (χ2n) is 6.21. The molecule has 0 aromatic heterocycles. The van der Waals surface area contributed by atoms with Gasteiger partial charge in [-0.3, -0.25) is 0 Å². The van der Waals surface area contributed by atoms with Gasteiger partial charge in [-0.1, -0.05) is 60.7 Å². The summed E-state index contributed by atoms with van der Waals surface area (Å²) < 4.78 is 17.5. The first-order valence-corrected chi connectivity index (χ1v) is 8.09. The Bertz CT molecular complexity index is 677. The van der Waals surface area contributed by atoms with Crippen LogP contribution in [0.1, 0.15) is 17.4 Å². The molecule has 2 N–H and O–H groups in total. The van der Waals surface area contributed by atoms with Gasteiger partial charge in [0.25, 0.3) is 0 Å². The highest BCUT2D eigenvalue weighted by molar-refractivity contribution is 5.28. The highest BCUT2D eigenvalue weighted by Crippen LogP contribution is 2.42. The van der Waals surface area contributed by atoms with E-state index in [2.05, 4.69) is 0 Å². The summed E-state index contributed by atoms with van der Waals surface area (Å²) in [7, 11) is 0. The lowest BCUT2D eigenvalue weighted by Crippen LogP contribution is -2.64. The molecule has 2 aromatic rings. The van der Waals surface area contributed by atoms with E-state index in [1.165, 1.54) is 0 Å². The van der Waals surface area contributed by atoms with Crippen molar-refractivity contribution >= 4 is 0 Å². The van der Waals surface area contributed by atoms with Gasteiger partial charge in [0.1, 0.15) is 23.9 Å². The first-order chi connectivity index (χ1) is 11.7. The molecule has 0 saturated carbocycles. The van der Waals surface area contributed by atoms with E-state index in [1.807, 2.05) is 48.5 Å². The summed E-state index contributed by atoms with van der Waals surface area (Å²) >= 11 is 0. The largest absolute Gasteiger partial charge is 0.387 e. The van der Waals surface area contributed by atoms with Gasteiger partial charge in [0.05, 0.1) is 13.2 Å². The third-order valence-electron chi connectivity index (χ3n) is 4.74. The molecule has 2 saturated heterocycles. The van der Waals surface area contributed by atoms with Gasteiger partial charge in [-0.25, -0.2) is 0 Å². The van der Waals surface area contributed by atoms with Crippen LogP contribution in [-0.4, -0.2) is 41.7 Å². The van der Waals surface area contributed by atoms with E-state index < -0.39 is 30.2 Å². The molecule has 2 aromatic carbocycles. The van der Waals surface area contributed by atoms with Crippen molar-refractivity contribution in [2.24, 2.45) is 0 Å². The number of fused-ring (bicyclic) bond motifs is 1. The van der Waals surface area contributed by atoms with Gasteiger partial charge in [-0.15, -0.1) is 0 Å². The Morgan fingerprint density at radius 3 is 2.25 bits per heavy atom. The van der Waals surface area contributed by atoms with Gasteiger partial charge >= 0.3 is 0 Å². The summed E-state index contributed by atoms with van der Waals surface area (Å²) in [5, 5.41) is 21.8. The molecule has 0 bridgehead atoms. The van der Waals surface area contributed by atoms with Crippen molar-refractivity contribution in [2.75, 3.05) is 13.2 Å². The number of hydrogen-bond donors (Lipinski definition) is 2. The highest BCUT2D eigenvalue weighted by Gasteiger charge is 2.55. The van der Waals surface area contributed by atoms with E-state index in [0.717, 1.165) is 5.56 Å². The monoisotopic (exact) mass is 328 g/mol. The molecular weight excluding hydrogens is 308 g/mol. The first kappa shape index (κ1) is 15.7. The maximum atomic E-state index is 11.4. The molecule has 4 rings (SSSR count). The number of ether oxygens (including phenoxy) is 3.